The van der Waals surface area contributed by atoms with E-state index in [-0.39, 0.29) is 17.7 Å². The van der Waals surface area contributed by atoms with Gasteiger partial charge in [0.15, 0.2) is 5.78 Å². The third kappa shape index (κ3) is 3.75. The van der Waals surface area contributed by atoms with Crippen LogP contribution in [0, 0.1) is 0 Å². The van der Waals surface area contributed by atoms with Crippen LogP contribution in [0.2, 0.25) is 0 Å². The molecule has 1 aromatic rings. The van der Waals surface area contributed by atoms with Crippen molar-refractivity contribution in [2.45, 2.75) is 19.4 Å². The lowest BCUT2D eigenvalue weighted by molar-refractivity contribution is -0.128. The van der Waals surface area contributed by atoms with Crippen molar-refractivity contribution in [2.75, 3.05) is 44.7 Å². The fourth-order valence-electron chi connectivity index (χ4n) is 3.27. The van der Waals surface area contributed by atoms with Gasteiger partial charge in [0.25, 0.3) is 0 Å². The van der Waals surface area contributed by atoms with E-state index in [1.165, 1.54) is 0 Å². The number of amides is 3. The van der Waals surface area contributed by atoms with Gasteiger partial charge in [0, 0.05) is 51.0 Å². The summed E-state index contributed by atoms with van der Waals surface area (Å²) in [5.74, 6) is 0.0395. The molecule has 1 N–H and O–H groups in total. The van der Waals surface area contributed by atoms with Crippen LogP contribution >= 0.6 is 0 Å². The molecule has 3 rings (SSSR count). The fourth-order valence-corrected chi connectivity index (χ4v) is 3.27. The lowest BCUT2D eigenvalue weighted by atomic mass is 10.1. The Kier molecular flexibility index (Phi) is 4.92. The van der Waals surface area contributed by atoms with E-state index in [2.05, 4.69) is 10.2 Å². The molecule has 7 heteroatoms. The van der Waals surface area contributed by atoms with Crippen LogP contribution in [0.15, 0.2) is 24.3 Å². The van der Waals surface area contributed by atoms with Crippen molar-refractivity contribution in [1.29, 1.82) is 0 Å². The largest absolute Gasteiger partial charge is 0.368 e. The highest BCUT2D eigenvalue weighted by Crippen LogP contribution is 2.18. The molecule has 1 aromatic carbocycles. The SMILES string of the molecule is CC(=O)c1ccc(N2CCN(C(=O)N[C@H]3CCN(C)C3=O)CC2)cc1. The van der Waals surface area contributed by atoms with E-state index in [0.717, 1.165) is 18.8 Å². The first-order valence-corrected chi connectivity index (χ1v) is 8.62. The molecule has 134 valence electrons. The fraction of sp³-hybridized carbons (Fsp3) is 0.500. The normalized spacial score (nSPS) is 20.8. The molecule has 1 atom stereocenters. The summed E-state index contributed by atoms with van der Waals surface area (Å²) in [5, 5.41) is 2.84. The van der Waals surface area contributed by atoms with Crippen molar-refractivity contribution in [3.05, 3.63) is 29.8 Å². The number of piperazine rings is 1. The monoisotopic (exact) mass is 344 g/mol. The van der Waals surface area contributed by atoms with Crippen LogP contribution in [0.4, 0.5) is 10.5 Å². The number of nitrogens with one attached hydrogen (secondary N) is 1. The highest BCUT2D eigenvalue weighted by molar-refractivity contribution is 5.94. The number of anilines is 1. The Balaban J connectivity index is 1.52. The standard InChI is InChI=1S/C18H24N4O3/c1-13(23)14-3-5-15(6-4-14)21-9-11-22(12-10-21)18(25)19-16-7-8-20(2)17(16)24/h3-6,16H,7-12H2,1-2H3,(H,19,25)/t16-/m0/s1. The minimum absolute atomic E-state index is 0.0162. The Bertz CT molecular complexity index is 665. The summed E-state index contributed by atoms with van der Waals surface area (Å²) in [7, 11) is 1.75. The number of likely N-dealkylation sites (tertiary alicyclic amines) is 1. The lowest BCUT2D eigenvalue weighted by Crippen LogP contribution is -2.54. The molecule has 0 radical (unpaired) electrons. The molecule has 0 bridgehead atoms. The molecule has 2 aliphatic rings. The van der Waals surface area contributed by atoms with Crippen LogP contribution < -0.4 is 10.2 Å². The van der Waals surface area contributed by atoms with E-state index in [9.17, 15) is 14.4 Å². The maximum absolute atomic E-state index is 12.4. The molecule has 2 heterocycles. The molecule has 2 saturated heterocycles. The van der Waals surface area contributed by atoms with Gasteiger partial charge in [0.2, 0.25) is 5.91 Å². The van der Waals surface area contributed by atoms with Crippen LogP contribution in [0.1, 0.15) is 23.7 Å². The van der Waals surface area contributed by atoms with Crippen LogP contribution in [0.5, 0.6) is 0 Å². The van der Waals surface area contributed by atoms with Crippen molar-refractivity contribution in [3.63, 3.8) is 0 Å². The Morgan fingerprint density at radius 3 is 2.20 bits per heavy atom. The number of urea groups is 1. The van der Waals surface area contributed by atoms with Gasteiger partial charge in [-0.25, -0.2) is 4.79 Å². The molecule has 3 amide bonds. The van der Waals surface area contributed by atoms with Crippen LogP contribution in [0.3, 0.4) is 0 Å². The number of hydrogen-bond acceptors (Lipinski definition) is 4. The van der Waals surface area contributed by atoms with Gasteiger partial charge >= 0.3 is 6.03 Å². The smallest absolute Gasteiger partial charge is 0.318 e. The summed E-state index contributed by atoms with van der Waals surface area (Å²) in [6, 6.07) is 6.99. The quantitative estimate of drug-likeness (QED) is 0.829. The molecule has 0 unspecified atom stereocenters. The molecular formula is C18H24N4O3. The first-order chi connectivity index (χ1) is 12.0. The molecule has 0 aromatic heterocycles. The first kappa shape index (κ1) is 17.3. The van der Waals surface area contributed by atoms with E-state index in [1.807, 2.05) is 24.3 Å². The van der Waals surface area contributed by atoms with E-state index in [1.54, 1.807) is 23.8 Å². The number of carbonyl (C=O) groups is 3. The van der Waals surface area contributed by atoms with E-state index in [0.29, 0.717) is 31.6 Å². The molecule has 2 fully saturated rings. The minimum Gasteiger partial charge on any atom is -0.368 e. The second-order valence-electron chi connectivity index (χ2n) is 6.63. The summed E-state index contributed by atoms with van der Waals surface area (Å²) >= 11 is 0. The van der Waals surface area contributed by atoms with Gasteiger partial charge in [-0.15, -0.1) is 0 Å². The Labute approximate surface area is 147 Å². The summed E-state index contributed by atoms with van der Waals surface area (Å²) in [6.45, 7) is 4.91. The minimum atomic E-state index is -0.394. The zero-order chi connectivity index (χ0) is 18.0. The molecular weight excluding hydrogens is 320 g/mol. The second-order valence-corrected chi connectivity index (χ2v) is 6.63. The number of benzene rings is 1. The van der Waals surface area contributed by atoms with Crippen molar-refractivity contribution in [1.82, 2.24) is 15.1 Å². The van der Waals surface area contributed by atoms with Gasteiger partial charge in [-0.3, -0.25) is 9.59 Å². The van der Waals surface area contributed by atoms with Gasteiger partial charge in [0.1, 0.15) is 6.04 Å². The Hall–Kier alpha value is -2.57. The van der Waals surface area contributed by atoms with E-state index < -0.39 is 6.04 Å². The van der Waals surface area contributed by atoms with Crippen molar-refractivity contribution in [3.8, 4) is 0 Å². The number of Topliss-reactive ketones (excluding diaryl/α,β-unsaturated/α-hetero) is 1. The number of rotatable bonds is 3. The summed E-state index contributed by atoms with van der Waals surface area (Å²) in [5.41, 5.74) is 1.76. The zero-order valence-electron chi connectivity index (χ0n) is 14.7. The van der Waals surface area contributed by atoms with E-state index >= 15 is 0 Å². The number of ketones is 1. The Morgan fingerprint density at radius 2 is 1.68 bits per heavy atom. The first-order valence-electron chi connectivity index (χ1n) is 8.62. The van der Waals surface area contributed by atoms with Crippen LogP contribution in [0.25, 0.3) is 0 Å². The number of likely N-dealkylation sites (N-methyl/N-ethyl adjacent to an activating group) is 1. The van der Waals surface area contributed by atoms with Crippen molar-refractivity contribution >= 4 is 23.4 Å². The summed E-state index contributed by atoms with van der Waals surface area (Å²) in [6.07, 6.45) is 0.670. The van der Waals surface area contributed by atoms with Gasteiger partial charge in [0.05, 0.1) is 0 Å². The summed E-state index contributed by atoms with van der Waals surface area (Å²) in [4.78, 5) is 41.2. The Morgan fingerprint density at radius 1 is 1.04 bits per heavy atom. The van der Waals surface area contributed by atoms with Gasteiger partial charge in [-0.1, -0.05) is 0 Å². The maximum Gasteiger partial charge on any atom is 0.318 e. The van der Waals surface area contributed by atoms with Crippen LogP contribution in [-0.4, -0.2) is 73.3 Å². The third-order valence-corrected chi connectivity index (χ3v) is 4.93. The van der Waals surface area contributed by atoms with Crippen molar-refractivity contribution < 1.29 is 14.4 Å². The van der Waals surface area contributed by atoms with Crippen LogP contribution in [-0.2, 0) is 4.79 Å². The predicted octanol–water partition coefficient (Wildman–Crippen LogP) is 0.952. The molecule has 2 aliphatic heterocycles. The molecule has 0 spiro atoms. The van der Waals surface area contributed by atoms with Gasteiger partial charge < -0.3 is 20.0 Å². The maximum atomic E-state index is 12.4. The van der Waals surface area contributed by atoms with Crippen molar-refractivity contribution in [2.24, 2.45) is 0 Å². The highest BCUT2D eigenvalue weighted by Gasteiger charge is 2.32. The molecule has 25 heavy (non-hydrogen) atoms. The number of nitrogens with zero attached hydrogens (tertiary/aromatic N) is 3. The predicted molar refractivity (Wildman–Crippen MR) is 94.8 cm³/mol. The zero-order valence-corrected chi connectivity index (χ0v) is 14.7. The van der Waals surface area contributed by atoms with Gasteiger partial charge in [-0.2, -0.15) is 0 Å². The lowest BCUT2D eigenvalue weighted by Gasteiger charge is -2.36. The highest BCUT2D eigenvalue weighted by atomic mass is 16.2. The van der Waals surface area contributed by atoms with E-state index in [4.69, 9.17) is 0 Å². The molecule has 0 aliphatic carbocycles. The molecule has 0 saturated carbocycles. The average Bonchev–Trinajstić information content (AvgIpc) is 2.94. The average molecular weight is 344 g/mol. The molecule has 7 nitrogen and oxygen atoms in total. The number of hydrogen-bond donors (Lipinski definition) is 1. The third-order valence-electron chi connectivity index (χ3n) is 4.93. The second kappa shape index (κ2) is 7.13. The topological polar surface area (TPSA) is 73.0 Å². The number of carbonyl (C=O) groups excluding carboxylic acids is 3. The summed E-state index contributed by atoms with van der Waals surface area (Å²) < 4.78 is 0. The van der Waals surface area contributed by atoms with Gasteiger partial charge in [-0.05, 0) is 37.6 Å².